The first-order valence-corrected chi connectivity index (χ1v) is 7.08. The fraction of sp³-hybridized carbons (Fsp3) is 0.286. The Balaban J connectivity index is 2.08. The Kier molecular flexibility index (Phi) is 4.64. The third kappa shape index (κ3) is 3.85. The second kappa shape index (κ2) is 6.45. The van der Waals surface area contributed by atoms with Crippen LogP contribution >= 0.6 is 11.3 Å². The molecule has 7 heteroatoms. The Bertz CT molecular complexity index is 613. The van der Waals surface area contributed by atoms with Crippen LogP contribution in [0.5, 0.6) is 11.5 Å². The Morgan fingerprint density at radius 1 is 1.10 bits per heavy atom. The molecule has 0 saturated carbocycles. The van der Waals surface area contributed by atoms with E-state index in [0.717, 1.165) is 10.6 Å². The summed E-state index contributed by atoms with van der Waals surface area (Å²) < 4.78 is 10.3. The smallest absolute Gasteiger partial charge is 0.325 e. The van der Waals surface area contributed by atoms with Crippen molar-refractivity contribution < 1.29 is 14.3 Å². The second-order valence-electron chi connectivity index (χ2n) is 4.34. The van der Waals surface area contributed by atoms with Crippen molar-refractivity contribution in [2.45, 2.75) is 13.8 Å². The highest BCUT2D eigenvalue weighted by Crippen LogP contribution is 2.26. The molecule has 112 valence electrons. The molecule has 0 saturated heterocycles. The highest BCUT2D eigenvalue weighted by atomic mass is 32.1. The first-order valence-electron chi connectivity index (χ1n) is 6.27. The molecule has 1 heterocycles. The number of urea groups is 1. The van der Waals surface area contributed by atoms with E-state index in [9.17, 15) is 4.79 Å². The van der Waals surface area contributed by atoms with Crippen molar-refractivity contribution in [2.24, 2.45) is 0 Å². The van der Waals surface area contributed by atoms with Gasteiger partial charge in [0.15, 0.2) is 5.13 Å². The van der Waals surface area contributed by atoms with Crippen molar-refractivity contribution >= 4 is 28.2 Å². The zero-order valence-electron chi connectivity index (χ0n) is 12.3. The molecule has 0 fully saturated rings. The lowest BCUT2D eigenvalue weighted by molar-refractivity contribution is 0.262. The minimum absolute atomic E-state index is 0.362. The van der Waals surface area contributed by atoms with Crippen LogP contribution in [-0.2, 0) is 0 Å². The number of carbonyl (C=O) groups excluding carboxylic acids is 1. The third-order valence-electron chi connectivity index (χ3n) is 2.86. The van der Waals surface area contributed by atoms with Gasteiger partial charge in [0, 0.05) is 28.8 Å². The minimum Gasteiger partial charge on any atom is -0.497 e. The van der Waals surface area contributed by atoms with Crippen LogP contribution in [-0.4, -0.2) is 25.2 Å². The molecular weight excluding hydrogens is 290 g/mol. The summed E-state index contributed by atoms with van der Waals surface area (Å²) in [6.07, 6.45) is 0. The number of nitrogens with one attached hydrogen (secondary N) is 2. The van der Waals surface area contributed by atoms with Crippen LogP contribution in [0, 0.1) is 13.8 Å². The second-order valence-corrected chi connectivity index (χ2v) is 5.54. The van der Waals surface area contributed by atoms with E-state index < -0.39 is 0 Å². The molecule has 2 N–H and O–H groups in total. The van der Waals surface area contributed by atoms with Crippen molar-refractivity contribution in [3.05, 3.63) is 28.8 Å². The average Bonchev–Trinajstić information content (AvgIpc) is 2.76. The van der Waals surface area contributed by atoms with Gasteiger partial charge in [0.25, 0.3) is 0 Å². The topological polar surface area (TPSA) is 72.5 Å². The van der Waals surface area contributed by atoms with Crippen LogP contribution in [0.4, 0.5) is 15.6 Å². The molecule has 0 spiro atoms. The van der Waals surface area contributed by atoms with Crippen molar-refractivity contribution in [2.75, 3.05) is 24.9 Å². The summed E-state index contributed by atoms with van der Waals surface area (Å²) in [6, 6.07) is 4.79. The number of aryl methyl sites for hydroxylation is 2. The largest absolute Gasteiger partial charge is 0.497 e. The number of thiazole rings is 1. The maximum absolute atomic E-state index is 12.0. The van der Waals surface area contributed by atoms with Crippen molar-refractivity contribution in [3.8, 4) is 11.5 Å². The molecule has 0 unspecified atom stereocenters. The Morgan fingerprint density at radius 2 is 1.71 bits per heavy atom. The first kappa shape index (κ1) is 15.1. The highest BCUT2D eigenvalue weighted by Gasteiger charge is 2.09. The number of benzene rings is 1. The monoisotopic (exact) mass is 307 g/mol. The van der Waals surface area contributed by atoms with E-state index in [1.165, 1.54) is 11.3 Å². The van der Waals surface area contributed by atoms with Crippen LogP contribution in [0.15, 0.2) is 18.2 Å². The average molecular weight is 307 g/mol. The SMILES string of the molecule is COc1cc(NC(=O)Nc2nc(C)c(C)s2)cc(OC)c1. The lowest BCUT2D eigenvalue weighted by atomic mass is 10.3. The molecule has 0 aliphatic carbocycles. The summed E-state index contributed by atoms with van der Waals surface area (Å²) in [4.78, 5) is 17.3. The van der Waals surface area contributed by atoms with Crippen LogP contribution in [0.2, 0.25) is 0 Å². The van der Waals surface area contributed by atoms with Gasteiger partial charge < -0.3 is 14.8 Å². The predicted molar refractivity (Wildman–Crippen MR) is 83.8 cm³/mol. The van der Waals surface area contributed by atoms with Gasteiger partial charge in [-0.3, -0.25) is 5.32 Å². The maximum Gasteiger partial charge on any atom is 0.325 e. The zero-order chi connectivity index (χ0) is 15.4. The number of anilines is 2. The number of amides is 2. The molecule has 0 bridgehead atoms. The Morgan fingerprint density at radius 3 is 2.19 bits per heavy atom. The summed E-state index contributed by atoms with van der Waals surface area (Å²) in [5.74, 6) is 1.20. The van der Waals surface area contributed by atoms with Gasteiger partial charge >= 0.3 is 6.03 Å². The summed E-state index contributed by atoms with van der Waals surface area (Å²) >= 11 is 1.44. The maximum atomic E-state index is 12.0. The van der Waals surface area contributed by atoms with Gasteiger partial charge in [0.05, 0.1) is 19.9 Å². The summed E-state index contributed by atoms with van der Waals surface area (Å²) in [5.41, 5.74) is 1.49. The van der Waals surface area contributed by atoms with E-state index in [0.29, 0.717) is 22.3 Å². The molecule has 6 nitrogen and oxygen atoms in total. The normalized spacial score (nSPS) is 10.1. The quantitative estimate of drug-likeness (QED) is 0.907. The predicted octanol–water partition coefficient (Wildman–Crippen LogP) is 3.42. The molecule has 1 aromatic carbocycles. The van der Waals surface area contributed by atoms with E-state index >= 15 is 0 Å². The van der Waals surface area contributed by atoms with Crippen molar-refractivity contribution in [1.82, 2.24) is 4.98 Å². The van der Waals surface area contributed by atoms with Gasteiger partial charge in [-0.1, -0.05) is 0 Å². The van der Waals surface area contributed by atoms with E-state index in [4.69, 9.17) is 9.47 Å². The van der Waals surface area contributed by atoms with Gasteiger partial charge in [-0.25, -0.2) is 9.78 Å². The van der Waals surface area contributed by atoms with Crippen LogP contribution < -0.4 is 20.1 Å². The number of carbonyl (C=O) groups is 1. The Hall–Kier alpha value is -2.28. The summed E-state index contributed by atoms with van der Waals surface area (Å²) in [6.45, 7) is 3.87. The highest BCUT2D eigenvalue weighted by molar-refractivity contribution is 7.15. The third-order valence-corrected chi connectivity index (χ3v) is 3.85. The number of hydrogen-bond donors (Lipinski definition) is 2. The fourth-order valence-corrected chi connectivity index (χ4v) is 2.47. The number of nitrogens with zero attached hydrogens (tertiary/aromatic N) is 1. The van der Waals surface area contributed by atoms with Crippen LogP contribution in [0.25, 0.3) is 0 Å². The van der Waals surface area contributed by atoms with Crippen molar-refractivity contribution in [1.29, 1.82) is 0 Å². The molecule has 2 rings (SSSR count). The van der Waals surface area contributed by atoms with Gasteiger partial charge in [0.2, 0.25) is 0 Å². The van der Waals surface area contributed by atoms with E-state index in [1.54, 1.807) is 32.4 Å². The van der Waals surface area contributed by atoms with E-state index in [2.05, 4.69) is 15.6 Å². The van der Waals surface area contributed by atoms with Gasteiger partial charge in [-0.05, 0) is 13.8 Å². The van der Waals surface area contributed by atoms with Gasteiger partial charge in [-0.15, -0.1) is 11.3 Å². The number of aromatic nitrogens is 1. The fourth-order valence-electron chi connectivity index (χ4n) is 1.67. The molecule has 2 amide bonds. The summed E-state index contributed by atoms with van der Waals surface area (Å²) in [5, 5.41) is 5.99. The number of hydrogen-bond acceptors (Lipinski definition) is 5. The van der Waals surface area contributed by atoms with E-state index in [1.807, 2.05) is 13.8 Å². The zero-order valence-corrected chi connectivity index (χ0v) is 13.1. The Labute approximate surface area is 127 Å². The molecule has 2 aromatic rings. The van der Waals surface area contributed by atoms with Crippen molar-refractivity contribution in [3.63, 3.8) is 0 Å². The lowest BCUT2D eigenvalue weighted by Gasteiger charge is -2.09. The standard InChI is InChI=1S/C14H17N3O3S/c1-8-9(2)21-14(15-8)17-13(18)16-10-5-11(19-3)7-12(6-10)20-4/h5-7H,1-4H3,(H2,15,16,17,18). The number of methoxy groups -OCH3 is 2. The molecule has 0 aliphatic heterocycles. The molecule has 0 radical (unpaired) electrons. The molecule has 21 heavy (non-hydrogen) atoms. The van der Waals surface area contributed by atoms with Crippen LogP contribution in [0.1, 0.15) is 10.6 Å². The molecular formula is C14H17N3O3S. The molecule has 1 aromatic heterocycles. The number of ether oxygens (including phenoxy) is 2. The molecule has 0 aliphatic rings. The lowest BCUT2D eigenvalue weighted by Crippen LogP contribution is -2.19. The number of rotatable bonds is 4. The first-order chi connectivity index (χ1) is 10.0. The summed E-state index contributed by atoms with van der Waals surface area (Å²) in [7, 11) is 3.11. The van der Waals surface area contributed by atoms with E-state index in [-0.39, 0.29) is 6.03 Å². The van der Waals surface area contributed by atoms with Gasteiger partial charge in [0.1, 0.15) is 11.5 Å². The van der Waals surface area contributed by atoms with Crippen LogP contribution in [0.3, 0.4) is 0 Å². The minimum atomic E-state index is -0.362. The molecule has 0 atom stereocenters. The van der Waals surface area contributed by atoms with Gasteiger partial charge in [-0.2, -0.15) is 0 Å².